The molecule has 12 nitrogen and oxygen atoms in total. The van der Waals surface area contributed by atoms with Gasteiger partial charge in [-0.2, -0.15) is 5.10 Å². The Balaban J connectivity index is 1.38. The molecular weight excluding hydrogens is 570 g/mol. The molecule has 6 aromatic rings. The third kappa shape index (κ3) is 6.44. The third-order valence-electron chi connectivity index (χ3n) is 7.29. The molecule has 45 heavy (non-hydrogen) atoms. The Morgan fingerprint density at radius 2 is 1.76 bits per heavy atom. The predicted octanol–water partition coefficient (Wildman–Crippen LogP) is 4.70. The number of guanidine groups is 1. The van der Waals surface area contributed by atoms with Crippen LogP contribution in [0.15, 0.2) is 102 Å². The van der Waals surface area contributed by atoms with Crippen LogP contribution in [0.5, 0.6) is 11.5 Å². The number of aromatic amines is 1. The maximum Gasteiger partial charge on any atom is 0.255 e. The van der Waals surface area contributed by atoms with E-state index in [4.69, 9.17) is 26.9 Å². The number of hydrogen-bond donors (Lipinski definition) is 5. The van der Waals surface area contributed by atoms with Crippen molar-refractivity contribution in [3.05, 3.63) is 103 Å². The molecule has 0 aliphatic heterocycles. The molecule has 0 unspecified atom stereocenters. The van der Waals surface area contributed by atoms with Crippen molar-refractivity contribution < 1.29 is 14.3 Å². The molecule has 0 spiro atoms. The molecule has 2 heterocycles. The Morgan fingerprint density at radius 1 is 0.933 bits per heavy atom. The van der Waals surface area contributed by atoms with Gasteiger partial charge in [-0.25, -0.2) is 4.98 Å². The van der Waals surface area contributed by atoms with Gasteiger partial charge in [-0.3, -0.25) is 19.7 Å². The molecular formula is C33H31N9O3. The lowest BCUT2D eigenvalue weighted by molar-refractivity contribution is -0.121. The first-order chi connectivity index (χ1) is 21.9. The minimum atomic E-state index is -0.765. The highest BCUT2D eigenvalue weighted by Crippen LogP contribution is 2.34. The zero-order valence-corrected chi connectivity index (χ0v) is 24.2. The smallest absolute Gasteiger partial charge is 0.255 e. The molecule has 0 saturated carbocycles. The van der Waals surface area contributed by atoms with Gasteiger partial charge in [-0.15, -0.1) is 0 Å². The van der Waals surface area contributed by atoms with Gasteiger partial charge in [0.2, 0.25) is 5.91 Å². The second kappa shape index (κ2) is 12.6. The van der Waals surface area contributed by atoms with Crippen molar-refractivity contribution in [3.8, 4) is 22.9 Å². The molecule has 4 aromatic carbocycles. The van der Waals surface area contributed by atoms with E-state index < -0.39 is 11.9 Å². The van der Waals surface area contributed by atoms with Crippen LogP contribution in [0.1, 0.15) is 29.2 Å². The van der Waals surface area contributed by atoms with Crippen molar-refractivity contribution in [2.45, 2.75) is 18.9 Å². The van der Waals surface area contributed by atoms with Crippen LogP contribution in [0.3, 0.4) is 0 Å². The number of amides is 2. The van der Waals surface area contributed by atoms with E-state index >= 15 is 0 Å². The number of nitrogens with two attached hydrogens (primary N) is 3. The Kier molecular flexibility index (Phi) is 8.10. The predicted molar refractivity (Wildman–Crippen MR) is 174 cm³/mol. The molecule has 0 aliphatic rings. The largest absolute Gasteiger partial charge is 0.457 e. The number of benzene rings is 4. The van der Waals surface area contributed by atoms with Crippen LogP contribution in [0.25, 0.3) is 33.3 Å². The molecule has 8 N–H and O–H groups in total. The van der Waals surface area contributed by atoms with Gasteiger partial charge in [0, 0.05) is 28.7 Å². The summed E-state index contributed by atoms with van der Waals surface area (Å²) in [6, 6.07) is 26.7. The van der Waals surface area contributed by atoms with E-state index in [2.05, 4.69) is 20.5 Å². The zero-order chi connectivity index (χ0) is 31.3. The first-order valence-electron chi connectivity index (χ1n) is 14.3. The number of nitrogens with zero attached hydrogens (tertiary/aromatic N) is 4. The molecule has 12 heteroatoms. The van der Waals surface area contributed by atoms with E-state index in [0.717, 1.165) is 10.9 Å². The minimum Gasteiger partial charge on any atom is -0.457 e. The molecule has 2 amide bonds. The van der Waals surface area contributed by atoms with E-state index in [9.17, 15) is 9.59 Å². The third-order valence-corrected chi connectivity index (χ3v) is 7.29. The molecule has 226 valence electrons. The first kappa shape index (κ1) is 28.9. The minimum absolute atomic E-state index is 0.0232. The second-order valence-electron chi connectivity index (χ2n) is 10.4. The van der Waals surface area contributed by atoms with Gasteiger partial charge < -0.3 is 31.8 Å². The number of primary amides is 1. The average Bonchev–Trinajstić information content (AvgIpc) is 3.65. The zero-order valence-electron chi connectivity index (χ0n) is 24.2. The van der Waals surface area contributed by atoms with Crippen molar-refractivity contribution >= 4 is 45.4 Å². The van der Waals surface area contributed by atoms with Crippen molar-refractivity contribution in [2.75, 3.05) is 11.9 Å². The number of imidazole rings is 1. The van der Waals surface area contributed by atoms with E-state index in [0.29, 0.717) is 64.6 Å². The number of nitrogens with one attached hydrogen (secondary N) is 2. The van der Waals surface area contributed by atoms with Gasteiger partial charge in [0.1, 0.15) is 23.4 Å². The van der Waals surface area contributed by atoms with Crippen LogP contribution in [0.2, 0.25) is 0 Å². The molecule has 0 radical (unpaired) electrons. The van der Waals surface area contributed by atoms with E-state index in [1.807, 2.05) is 77.4 Å². The van der Waals surface area contributed by atoms with Crippen molar-refractivity contribution in [1.82, 2.24) is 19.7 Å². The molecule has 0 saturated heterocycles. The van der Waals surface area contributed by atoms with Crippen LogP contribution in [0, 0.1) is 0 Å². The summed E-state index contributed by atoms with van der Waals surface area (Å²) >= 11 is 0. The highest BCUT2D eigenvalue weighted by atomic mass is 16.5. The Hall–Kier alpha value is -6.17. The normalized spacial score (nSPS) is 11.7. The quantitative estimate of drug-likeness (QED) is 0.0806. The van der Waals surface area contributed by atoms with E-state index in [1.165, 1.54) is 0 Å². The average molecular weight is 602 g/mol. The van der Waals surface area contributed by atoms with Gasteiger partial charge >= 0.3 is 0 Å². The number of aliphatic imine (C=N–C) groups is 1. The summed E-state index contributed by atoms with van der Waals surface area (Å²) in [5.41, 5.74) is 20.6. The summed E-state index contributed by atoms with van der Waals surface area (Å²) in [5, 5.41) is 10.8. The van der Waals surface area contributed by atoms with Crippen molar-refractivity contribution in [2.24, 2.45) is 22.2 Å². The summed E-state index contributed by atoms with van der Waals surface area (Å²) in [6.07, 6.45) is 2.58. The fourth-order valence-corrected chi connectivity index (χ4v) is 5.19. The molecule has 2 aromatic heterocycles. The van der Waals surface area contributed by atoms with Gasteiger partial charge in [0.05, 0.1) is 22.7 Å². The van der Waals surface area contributed by atoms with Crippen LogP contribution in [0.4, 0.5) is 5.69 Å². The van der Waals surface area contributed by atoms with Crippen LogP contribution >= 0.6 is 0 Å². The number of hydrogen-bond acceptors (Lipinski definition) is 6. The number of anilines is 1. The van der Waals surface area contributed by atoms with Gasteiger partial charge in [0.15, 0.2) is 5.96 Å². The number of rotatable bonds is 11. The van der Waals surface area contributed by atoms with Crippen LogP contribution in [-0.2, 0) is 4.79 Å². The first-order valence-corrected chi connectivity index (χ1v) is 14.3. The number of carbonyl (C=O) groups excluding carboxylic acids is 2. The van der Waals surface area contributed by atoms with Crippen molar-refractivity contribution in [3.63, 3.8) is 0 Å². The highest BCUT2D eigenvalue weighted by Gasteiger charge is 2.25. The SMILES string of the molecule is NC(=O)[C@@H](CCCN=C(N)N)n1c(-c2cccc(Oc3ccccc3)c2)nc2cc(C(=O)Nc3ccc4cn[nH]c4c3)ccc21. The summed E-state index contributed by atoms with van der Waals surface area (Å²) in [5.74, 6) is 0.901. The number of ether oxygens (including phenoxy) is 1. The van der Waals surface area contributed by atoms with Gasteiger partial charge in [-0.05, 0) is 73.5 Å². The number of aromatic nitrogens is 4. The molecule has 1 atom stereocenters. The number of fused-ring (bicyclic) bond motifs is 2. The Labute approximate surface area is 257 Å². The monoisotopic (exact) mass is 601 g/mol. The molecule has 0 bridgehead atoms. The van der Waals surface area contributed by atoms with Crippen LogP contribution < -0.4 is 27.3 Å². The highest BCUT2D eigenvalue weighted by molar-refractivity contribution is 6.07. The van der Waals surface area contributed by atoms with Crippen LogP contribution in [-0.4, -0.2) is 44.1 Å². The molecule has 6 rings (SSSR count). The molecule has 0 fully saturated rings. The number of carbonyl (C=O) groups is 2. The maximum atomic E-state index is 13.3. The van der Waals surface area contributed by atoms with Gasteiger partial charge in [0.25, 0.3) is 5.91 Å². The number of H-pyrrole nitrogens is 1. The van der Waals surface area contributed by atoms with Crippen molar-refractivity contribution in [1.29, 1.82) is 0 Å². The lowest BCUT2D eigenvalue weighted by atomic mass is 10.1. The lowest BCUT2D eigenvalue weighted by Crippen LogP contribution is -2.27. The maximum absolute atomic E-state index is 13.3. The summed E-state index contributed by atoms with van der Waals surface area (Å²) in [7, 11) is 0. The van der Waals surface area contributed by atoms with E-state index in [1.54, 1.807) is 24.4 Å². The standard InChI is InChI=1S/C33H31N9O3/c34-30(43)29(10-5-15-37-33(35)36)42-28-14-12-21(32(44)39-23-13-11-22-19-38-41-26(22)18-23)17-27(28)40-31(42)20-6-4-9-25(16-20)45-24-7-2-1-3-8-24/h1-4,6-9,11-14,16-19,29H,5,10,15H2,(H2,34,43)(H,38,41)(H,39,44)(H4,35,36,37)/t29-/m1/s1. The van der Waals surface area contributed by atoms with Gasteiger partial charge in [-0.1, -0.05) is 30.3 Å². The summed E-state index contributed by atoms with van der Waals surface area (Å²) < 4.78 is 7.88. The number of para-hydroxylation sites is 1. The molecule has 0 aliphatic carbocycles. The Morgan fingerprint density at radius 3 is 2.56 bits per heavy atom. The second-order valence-corrected chi connectivity index (χ2v) is 10.4. The topological polar surface area (TPSA) is 192 Å². The summed E-state index contributed by atoms with van der Waals surface area (Å²) in [6.45, 7) is 0.336. The lowest BCUT2D eigenvalue weighted by Gasteiger charge is -2.19. The van der Waals surface area contributed by atoms with E-state index in [-0.39, 0.29) is 11.9 Å². The summed E-state index contributed by atoms with van der Waals surface area (Å²) in [4.78, 5) is 35.1. The fraction of sp³-hybridized carbons (Fsp3) is 0.121. The fourth-order valence-electron chi connectivity index (χ4n) is 5.19. The Bertz CT molecular complexity index is 2030.